The van der Waals surface area contributed by atoms with Crippen molar-refractivity contribution in [2.24, 2.45) is 5.41 Å². The summed E-state index contributed by atoms with van der Waals surface area (Å²) in [6, 6.07) is 0. The van der Waals surface area contributed by atoms with Crippen LogP contribution in [0.15, 0.2) is 12.7 Å². The van der Waals surface area contributed by atoms with Crippen molar-refractivity contribution in [3.05, 3.63) is 12.7 Å². The van der Waals surface area contributed by atoms with Gasteiger partial charge < -0.3 is 20.1 Å². The van der Waals surface area contributed by atoms with Crippen molar-refractivity contribution in [1.82, 2.24) is 19.5 Å². The summed E-state index contributed by atoms with van der Waals surface area (Å²) < 4.78 is 32.3. The normalized spacial score (nSPS) is 32.8. The fourth-order valence-corrected chi connectivity index (χ4v) is 6.65. The Labute approximate surface area is 190 Å². The second-order valence-corrected chi connectivity index (χ2v) is 12.4. The molecule has 2 saturated heterocycles. The second kappa shape index (κ2) is 8.34. The number of carbonyl (C=O) groups is 1. The summed E-state index contributed by atoms with van der Waals surface area (Å²) in [5.41, 5.74) is 4.69. The molecule has 4 rings (SSSR count). The third kappa shape index (κ3) is 4.32. The fraction of sp³-hybridized carbons (Fsp3) is 0.684. The zero-order valence-electron chi connectivity index (χ0n) is 18.4. The number of rotatable bonds is 5. The summed E-state index contributed by atoms with van der Waals surface area (Å²) in [6.07, 6.45) is 1.13. The summed E-state index contributed by atoms with van der Waals surface area (Å²) in [6.45, 7) is 7.20. The summed E-state index contributed by atoms with van der Waals surface area (Å²) in [5.74, 6) is 0.593. The van der Waals surface area contributed by atoms with Crippen LogP contribution >= 0.6 is 19.4 Å². The summed E-state index contributed by atoms with van der Waals surface area (Å²) >= 11 is 1.14. The number of anilines is 1. The molecule has 11 nitrogen and oxygen atoms in total. The lowest BCUT2D eigenvalue weighted by Gasteiger charge is -2.35. The Bertz CT molecular complexity index is 1070. The molecule has 13 heteroatoms. The lowest BCUT2D eigenvalue weighted by Crippen LogP contribution is -2.46. The number of ether oxygens (including phenoxy) is 1. The number of hydrogen-bond donors (Lipinski definition) is 2. The smallest absolute Gasteiger partial charge is 0.331 e. The largest absolute Gasteiger partial charge is 0.383 e. The van der Waals surface area contributed by atoms with E-state index in [4.69, 9.17) is 19.5 Å². The van der Waals surface area contributed by atoms with E-state index in [9.17, 15) is 14.5 Å². The number of nitrogens with zero attached hydrogens (tertiary/aromatic N) is 4. The molecule has 0 radical (unpaired) electrons. The minimum atomic E-state index is -3.46. The highest BCUT2D eigenvalue weighted by molar-refractivity contribution is 8.13. The van der Waals surface area contributed by atoms with Crippen LogP contribution in [0.5, 0.6) is 0 Å². The van der Waals surface area contributed by atoms with E-state index in [1.807, 2.05) is 20.8 Å². The third-order valence-corrected chi connectivity index (χ3v) is 8.71. The van der Waals surface area contributed by atoms with Crippen LogP contribution in [0, 0.1) is 5.41 Å². The van der Waals surface area contributed by atoms with Crippen molar-refractivity contribution in [3.8, 4) is 0 Å². The van der Waals surface area contributed by atoms with Crippen molar-refractivity contribution in [3.63, 3.8) is 0 Å². The van der Waals surface area contributed by atoms with E-state index in [1.54, 1.807) is 11.5 Å². The minimum absolute atomic E-state index is 0.0379. The topological polar surface area (TPSA) is 152 Å². The summed E-state index contributed by atoms with van der Waals surface area (Å²) in [7, 11) is -3.46. The van der Waals surface area contributed by atoms with Crippen molar-refractivity contribution in [1.29, 1.82) is 0 Å². The fourth-order valence-electron chi connectivity index (χ4n) is 3.81. The van der Waals surface area contributed by atoms with Crippen LogP contribution in [0.25, 0.3) is 11.2 Å². The van der Waals surface area contributed by atoms with Crippen LogP contribution < -0.4 is 5.73 Å². The number of nitrogen functional groups attached to an aromatic ring is 1. The molecule has 2 aliphatic heterocycles. The van der Waals surface area contributed by atoms with Gasteiger partial charge in [0.1, 0.15) is 23.5 Å². The van der Waals surface area contributed by atoms with Gasteiger partial charge in [0.2, 0.25) is 0 Å². The molecule has 0 aliphatic carbocycles. The van der Waals surface area contributed by atoms with Gasteiger partial charge in [-0.2, -0.15) is 0 Å². The number of hydrogen-bond acceptors (Lipinski definition) is 11. The maximum Gasteiger partial charge on any atom is 0.331 e. The van der Waals surface area contributed by atoms with E-state index in [1.165, 1.54) is 12.7 Å². The van der Waals surface area contributed by atoms with Gasteiger partial charge in [0, 0.05) is 11.2 Å². The number of fused-ring (bicyclic) bond motifs is 2. The Balaban J connectivity index is 1.45. The Morgan fingerprint density at radius 1 is 1.44 bits per heavy atom. The molecule has 4 heterocycles. The number of imidazole rings is 1. The Kier molecular flexibility index (Phi) is 6.15. The first kappa shape index (κ1) is 23.6. The van der Waals surface area contributed by atoms with Gasteiger partial charge in [-0.05, 0) is 13.3 Å². The van der Waals surface area contributed by atoms with E-state index < -0.39 is 37.0 Å². The first-order valence-electron chi connectivity index (χ1n) is 10.3. The molecule has 32 heavy (non-hydrogen) atoms. The first-order valence-corrected chi connectivity index (χ1v) is 13.0. The molecule has 0 saturated carbocycles. The second-order valence-electron chi connectivity index (χ2n) is 9.20. The molecule has 0 amide bonds. The molecule has 2 aromatic rings. The lowest BCUT2D eigenvalue weighted by atomic mass is 9.95. The van der Waals surface area contributed by atoms with E-state index in [0.717, 1.165) is 11.8 Å². The zero-order chi connectivity index (χ0) is 23.3. The van der Waals surface area contributed by atoms with E-state index in [0.29, 0.717) is 23.3 Å². The molecule has 0 aromatic carbocycles. The van der Waals surface area contributed by atoms with Gasteiger partial charge in [0.15, 0.2) is 22.8 Å². The average Bonchev–Trinajstić information content (AvgIpc) is 3.24. The molecule has 3 N–H and O–H groups in total. The maximum atomic E-state index is 13.2. The Morgan fingerprint density at radius 2 is 2.19 bits per heavy atom. The average molecular weight is 486 g/mol. The SMILES string of the molecule is CC(C)(C)C(=O)SCCOP1(=O)CC[C@H]2O[C@@H](n3cnc4c(N)ncnc43)[C@](C)(O)[C@@H]2O1. The van der Waals surface area contributed by atoms with Crippen LogP contribution in [-0.2, 0) is 23.1 Å². The van der Waals surface area contributed by atoms with Crippen molar-refractivity contribution >= 4 is 41.5 Å². The monoisotopic (exact) mass is 485 g/mol. The van der Waals surface area contributed by atoms with Crippen LogP contribution in [0.2, 0.25) is 0 Å². The molecular weight excluding hydrogens is 457 g/mol. The predicted octanol–water partition coefficient (Wildman–Crippen LogP) is 2.36. The van der Waals surface area contributed by atoms with Gasteiger partial charge in [-0.1, -0.05) is 32.5 Å². The van der Waals surface area contributed by atoms with Crippen molar-refractivity contribution in [2.75, 3.05) is 24.3 Å². The third-order valence-electron chi connectivity index (χ3n) is 5.54. The molecule has 176 valence electrons. The van der Waals surface area contributed by atoms with Crippen LogP contribution in [0.1, 0.15) is 40.3 Å². The summed E-state index contributed by atoms with van der Waals surface area (Å²) in [5, 5.41) is 11.4. The highest BCUT2D eigenvalue weighted by Crippen LogP contribution is 2.59. The van der Waals surface area contributed by atoms with Gasteiger partial charge in [-0.25, -0.2) is 15.0 Å². The van der Waals surface area contributed by atoms with E-state index in [-0.39, 0.29) is 23.7 Å². The lowest BCUT2D eigenvalue weighted by molar-refractivity contribution is -0.117. The number of aliphatic hydroxyl groups is 1. The number of aromatic nitrogens is 4. The number of nitrogens with two attached hydrogens (primary N) is 1. The van der Waals surface area contributed by atoms with Gasteiger partial charge in [0.05, 0.1) is 25.2 Å². The van der Waals surface area contributed by atoms with Gasteiger partial charge >= 0.3 is 7.60 Å². The summed E-state index contributed by atoms with van der Waals surface area (Å²) in [4.78, 5) is 24.4. The van der Waals surface area contributed by atoms with Crippen LogP contribution in [0.3, 0.4) is 0 Å². The van der Waals surface area contributed by atoms with Crippen molar-refractivity contribution in [2.45, 2.75) is 58.2 Å². The van der Waals surface area contributed by atoms with Gasteiger partial charge in [-0.3, -0.25) is 18.5 Å². The van der Waals surface area contributed by atoms with Crippen LogP contribution in [0.4, 0.5) is 5.82 Å². The molecule has 0 spiro atoms. The molecule has 0 bridgehead atoms. The van der Waals surface area contributed by atoms with Gasteiger partial charge in [0.25, 0.3) is 0 Å². The molecule has 2 aromatic heterocycles. The molecule has 5 atom stereocenters. The predicted molar refractivity (Wildman–Crippen MR) is 119 cm³/mol. The highest BCUT2D eigenvalue weighted by atomic mass is 32.2. The quantitative estimate of drug-likeness (QED) is 0.474. The van der Waals surface area contributed by atoms with Crippen LogP contribution in [-0.4, -0.2) is 66.1 Å². The highest BCUT2D eigenvalue weighted by Gasteiger charge is 2.59. The Morgan fingerprint density at radius 3 is 2.91 bits per heavy atom. The van der Waals surface area contributed by atoms with E-state index >= 15 is 0 Å². The minimum Gasteiger partial charge on any atom is -0.383 e. The number of thioether (sulfide) groups is 1. The molecule has 2 fully saturated rings. The standard InChI is InChI=1S/C19H28N5O6PS/c1-18(2,3)17(25)32-8-6-28-31(27)7-5-11-13(30-31)19(4,26)16(29-11)24-10-23-12-14(20)21-9-22-15(12)24/h9-11,13,16,26H,5-8H2,1-4H3,(H2,20,21,22)/t11-,13-,16-,19-,31?/m1/s1. The molecular formula is C19H28N5O6PS. The van der Waals surface area contributed by atoms with E-state index in [2.05, 4.69) is 15.0 Å². The molecule has 2 aliphatic rings. The maximum absolute atomic E-state index is 13.2. The molecule has 1 unspecified atom stereocenters. The van der Waals surface area contributed by atoms with Gasteiger partial charge in [-0.15, -0.1) is 0 Å². The number of carbonyl (C=O) groups excluding carboxylic acids is 1. The van der Waals surface area contributed by atoms with Crippen molar-refractivity contribution < 1.29 is 28.3 Å². The Hall–Kier alpha value is -1.56. The zero-order valence-corrected chi connectivity index (χ0v) is 20.1. The first-order chi connectivity index (χ1) is 14.9.